The van der Waals surface area contributed by atoms with E-state index in [4.69, 9.17) is 0 Å². The molecule has 1 heterocycles. The zero-order chi connectivity index (χ0) is 18.0. The molecule has 2 N–H and O–H groups in total. The minimum Gasteiger partial charge on any atom is -0.481 e. The average molecular weight is 367 g/mol. The van der Waals surface area contributed by atoms with Gasteiger partial charge in [-0.2, -0.15) is 0 Å². The van der Waals surface area contributed by atoms with Gasteiger partial charge in [-0.15, -0.1) is 11.3 Å². The number of carboxylic acids is 1. The zero-order valence-corrected chi connectivity index (χ0v) is 14.8. The van der Waals surface area contributed by atoms with Gasteiger partial charge in [0.2, 0.25) is 0 Å². The molecule has 0 bridgehead atoms. The highest BCUT2D eigenvalue weighted by molar-refractivity contribution is 7.92. The van der Waals surface area contributed by atoms with Crippen LogP contribution in [-0.2, 0) is 20.0 Å². The largest absolute Gasteiger partial charge is 0.481 e. The molecule has 0 fully saturated rings. The van der Waals surface area contributed by atoms with Gasteiger partial charge in [0, 0.05) is 12.8 Å². The summed E-state index contributed by atoms with van der Waals surface area (Å²) in [5, 5.41) is 12.1. The first-order chi connectivity index (χ1) is 11.1. The van der Waals surface area contributed by atoms with Crippen molar-refractivity contribution in [2.24, 2.45) is 0 Å². The Bertz CT molecular complexity index is 858. The van der Waals surface area contributed by atoms with Crippen LogP contribution in [0.3, 0.4) is 0 Å². The lowest BCUT2D eigenvalue weighted by Gasteiger charge is -2.25. The molecular formula is C16H17NO5S2. The summed E-state index contributed by atoms with van der Waals surface area (Å²) in [7, 11) is -3.37. The Morgan fingerprint density at radius 1 is 1.17 bits per heavy atom. The number of nitrogens with one attached hydrogen (secondary N) is 1. The fourth-order valence-corrected chi connectivity index (χ4v) is 3.94. The molecule has 1 aromatic carbocycles. The number of aliphatic carboxylic acids is 1. The summed E-state index contributed by atoms with van der Waals surface area (Å²) in [6.07, 6.45) is 1.07. The van der Waals surface area contributed by atoms with Gasteiger partial charge in [-0.3, -0.25) is 9.59 Å². The third kappa shape index (κ3) is 3.82. The molecule has 128 valence electrons. The number of carboxylic acid groups (broad SMARTS) is 1. The minimum absolute atomic E-state index is 0.0942. The number of carbonyl (C=O) groups excluding carboxylic acids is 1. The fraction of sp³-hybridized carbons (Fsp3) is 0.250. The minimum atomic E-state index is -3.37. The quantitative estimate of drug-likeness (QED) is 0.812. The third-order valence-corrected chi connectivity index (χ3v) is 6.56. The van der Waals surface area contributed by atoms with Gasteiger partial charge in [0.05, 0.1) is 4.88 Å². The number of carbonyl (C=O) groups is 2. The summed E-state index contributed by atoms with van der Waals surface area (Å²) in [6.45, 7) is 1.42. The van der Waals surface area contributed by atoms with Crippen LogP contribution in [0.1, 0.15) is 22.2 Å². The van der Waals surface area contributed by atoms with E-state index in [1.54, 1.807) is 30.3 Å². The Kier molecular flexibility index (Phi) is 5.10. The Labute approximate surface area is 144 Å². The number of benzene rings is 1. The highest BCUT2D eigenvalue weighted by Gasteiger charge is 2.35. The summed E-state index contributed by atoms with van der Waals surface area (Å²) in [6, 6.07) is 11.4. The van der Waals surface area contributed by atoms with Gasteiger partial charge >= 0.3 is 5.97 Å². The molecule has 1 unspecified atom stereocenters. The van der Waals surface area contributed by atoms with Crippen LogP contribution >= 0.6 is 11.3 Å². The summed E-state index contributed by atoms with van der Waals surface area (Å²) >= 11 is 0.855. The Balaban J connectivity index is 2.17. The van der Waals surface area contributed by atoms with Gasteiger partial charge < -0.3 is 10.4 Å². The SMILES string of the molecule is CC(CNC(=O)c1ccc(S(C)(=O)=O)s1)(C(=O)O)c1ccccc1. The molecule has 8 heteroatoms. The van der Waals surface area contributed by atoms with Crippen molar-refractivity contribution in [2.75, 3.05) is 12.8 Å². The lowest BCUT2D eigenvalue weighted by Crippen LogP contribution is -2.44. The topological polar surface area (TPSA) is 101 Å². The van der Waals surface area contributed by atoms with E-state index in [1.165, 1.54) is 19.1 Å². The molecule has 0 saturated carbocycles. The number of hydrogen-bond donors (Lipinski definition) is 2. The monoisotopic (exact) mass is 367 g/mol. The lowest BCUT2D eigenvalue weighted by atomic mass is 9.82. The smallest absolute Gasteiger partial charge is 0.315 e. The van der Waals surface area contributed by atoms with Crippen molar-refractivity contribution in [1.82, 2.24) is 5.32 Å². The number of rotatable bonds is 6. The predicted molar refractivity (Wildman–Crippen MR) is 91.2 cm³/mol. The van der Waals surface area contributed by atoms with E-state index in [0.29, 0.717) is 5.56 Å². The zero-order valence-electron chi connectivity index (χ0n) is 13.1. The van der Waals surface area contributed by atoms with Crippen LogP contribution < -0.4 is 5.32 Å². The molecule has 6 nitrogen and oxygen atoms in total. The van der Waals surface area contributed by atoms with Crippen molar-refractivity contribution >= 4 is 33.1 Å². The first-order valence-corrected chi connectivity index (χ1v) is 9.72. The first-order valence-electron chi connectivity index (χ1n) is 7.01. The molecule has 0 saturated heterocycles. The maximum atomic E-state index is 12.2. The highest BCUT2D eigenvalue weighted by Crippen LogP contribution is 2.25. The fourth-order valence-electron chi connectivity index (χ4n) is 2.09. The van der Waals surface area contributed by atoms with Gasteiger partial charge in [0.1, 0.15) is 9.62 Å². The average Bonchev–Trinajstić information content (AvgIpc) is 3.03. The molecule has 24 heavy (non-hydrogen) atoms. The number of hydrogen-bond acceptors (Lipinski definition) is 5. The molecule has 1 amide bonds. The summed E-state index contributed by atoms with van der Waals surface area (Å²) in [5.41, 5.74) is -0.714. The van der Waals surface area contributed by atoms with E-state index < -0.39 is 27.1 Å². The maximum Gasteiger partial charge on any atom is 0.315 e. The molecule has 2 aromatic rings. The van der Waals surface area contributed by atoms with Crippen molar-refractivity contribution in [3.63, 3.8) is 0 Å². The molecule has 1 atom stereocenters. The van der Waals surface area contributed by atoms with E-state index in [9.17, 15) is 23.1 Å². The molecule has 2 rings (SSSR count). The van der Waals surface area contributed by atoms with E-state index in [-0.39, 0.29) is 15.6 Å². The van der Waals surface area contributed by atoms with Crippen LogP contribution in [-0.4, -0.2) is 38.2 Å². The van der Waals surface area contributed by atoms with Gasteiger partial charge in [0.25, 0.3) is 5.91 Å². The summed E-state index contributed by atoms with van der Waals surface area (Å²) in [4.78, 5) is 24.1. The molecule has 0 aliphatic rings. The van der Waals surface area contributed by atoms with E-state index in [0.717, 1.165) is 17.6 Å². The van der Waals surface area contributed by atoms with Crippen LogP contribution in [0.15, 0.2) is 46.7 Å². The van der Waals surface area contributed by atoms with Crippen LogP contribution in [0.25, 0.3) is 0 Å². The number of amides is 1. The summed E-state index contributed by atoms with van der Waals surface area (Å²) < 4.78 is 23.0. The van der Waals surface area contributed by atoms with Crippen LogP contribution in [0.5, 0.6) is 0 Å². The number of sulfone groups is 1. The second kappa shape index (κ2) is 6.74. The molecule has 0 aliphatic heterocycles. The van der Waals surface area contributed by atoms with Crippen molar-refractivity contribution in [3.05, 3.63) is 52.9 Å². The molecule has 1 aromatic heterocycles. The standard InChI is InChI=1S/C16H17NO5S2/c1-16(15(19)20,11-6-4-3-5-7-11)10-17-14(18)12-8-9-13(23-12)24(2,21)22/h3-9H,10H2,1-2H3,(H,17,18)(H,19,20). The molecule has 0 aliphatic carbocycles. The van der Waals surface area contributed by atoms with Crippen molar-refractivity contribution in [1.29, 1.82) is 0 Å². The lowest BCUT2D eigenvalue weighted by molar-refractivity contribution is -0.142. The normalized spacial score (nSPS) is 13.9. The van der Waals surface area contributed by atoms with Gasteiger partial charge in [-0.1, -0.05) is 30.3 Å². The predicted octanol–water partition coefficient (Wildman–Crippen LogP) is 1.92. The Morgan fingerprint density at radius 3 is 2.29 bits per heavy atom. The maximum absolute atomic E-state index is 12.2. The van der Waals surface area contributed by atoms with Crippen LogP contribution in [0.2, 0.25) is 0 Å². The van der Waals surface area contributed by atoms with Crippen LogP contribution in [0, 0.1) is 0 Å². The molecule has 0 spiro atoms. The van der Waals surface area contributed by atoms with Crippen LogP contribution in [0.4, 0.5) is 0 Å². The van der Waals surface area contributed by atoms with Crippen molar-refractivity contribution in [3.8, 4) is 0 Å². The van der Waals surface area contributed by atoms with Crippen molar-refractivity contribution in [2.45, 2.75) is 16.5 Å². The molecule has 0 radical (unpaired) electrons. The summed E-state index contributed by atoms with van der Waals surface area (Å²) in [5.74, 6) is -1.56. The third-order valence-electron chi connectivity index (χ3n) is 3.66. The highest BCUT2D eigenvalue weighted by atomic mass is 32.2. The second-order valence-corrected chi connectivity index (χ2v) is 8.90. The van der Waals surface area contributed by atoms with Gasteiger partial charge in [0.15, 0.2) is 9.84 Å². The van der Waals surface area contributed by atoms with Crippen molar-refractivity contribution < 1.29 is 23.1 Å². The van der Waals surface area contributed by atoms with Gasteiger partial charge in [-0.25, -0.2) is 8.42 Å². The van der Waals surface area contributed by atoms with E-state index in [1.807, 2.05) is 0 Å². The number of thiophene rings is 1. The first kappa shape index (κ1) is 18.2. The Hall–Kier alpha value is -2.19. The van der Waals surface area contributed by atoms with Gasteiger partial charge in [-0.05, 0) is 24.6 Å². The Morgan fingerprint density at radius 2 is 1.79 bits per heavy atom. The van der Waals surface area contributed by atoms with E-state index >= 15 is 0 Å². The molecular weight excluding hydrogens is 350 g/mol. The second-order valence-electron chi connectivity index (χ2n) is 5.58. The van der Waals surface area contributed by atoms with E-state index in [2.05, 4.69) is 5.32 Å².